The highest BCUT2D eigenvalue weighted by atomic mass is 32.2. The van der Waals surface area contributed by atoms with Crippen LogP contribution in [0, 0.1) is 0 Å². The van der Waals surface area contributed by atoms with Crippen molar-refractivity contribution in [3.05, 3.63) is 34.7 Å². The van der Waals surface area contributed by atoms with Crippen LogP contribution in [0.1, 0.15) is 22.2 Å². The minimum absolute atomic E-state index is 0.195. The van der Waals surface area contributed by atoms with E-state index in [4.69, 9.17) is 4.74 Å². The number of hydrogen-bond donors (Lipinski definition) is 1. The molecule has 0 fully saturated rings. The molecule has 0 saturated carbocycles. The minimum atomic E-state index is -1.07. The molecule has 3 rings (SSSR count). The topological polar surface area (TPSA) is 91.4 Å². The molecule has 2 heterocycles. The van der Waals surface area contributed by atoms with Gasteiger partial charge in [0.25, 0.3) is 10.9 Å². The van der Waals surface area contributed by atoms with Gasteiger partial charge in [0.2, 0.25) is 0 Å². The zero-order valence-electron chi connectivity index (χ0n) is 11.6. The van der Waals surface area contributed by atoms with Crippen LogP contribution in [0.3, 0.4) is 0 Å². The lowest BCUT2D eigenvalue weighted by molar-refractivity contribution is -0.131. The zero-order chi connectivity index (χ0) is 15.7. The first-order valence-electron chi connectivity index (χ1n) is 6.51. The third-order valence-corrected chi connectivity index (χ3v) is 5.50. The molecule has 0 bridgehead atoms. The van der Waals surface area contributed by atoms with E-state index >= 15 is 0 Å². The van der Waals surface area contributed by atoms with Crippen molar-refractivity contribution >= 4 is 39.5 Å². The maximum absolute atomic E-state index is 12.3. The minimum Gasteiger partial charge on any atom is -0.610 e. The number of thiazole rings is 1. The van der Waals surface area contributed by atoms with Crippen LogP contribution in [-0.4, -0.2) is 27.2 Å². The number of nitrogens with one attached hydrogen (secondary N) is 1. The van der Waals surface area contributed by atoms with Gasteiger partial charge in [-0.2, -0.15) is 4.98 Å². The summed E-state index contributed by atoms with van der Waals surface area (Å²) in [7, 11) is 0. The van der Waals surface area contributed by atoms with Crippen molar-refractivity contribution in [1.29, 1.82) is 0 Å². The first-order valence-corrected chi connectivity index (χ1v) is 8.65. The van der Waals surface area contributed by atoms with Gasteiger partial charge in [-0.05, 0) is 12.1 Å². The van der Waals surface area contributed by atoms with Crippen molar-refractivity contribution in [3.8, 4) is 5.75 Å². The standard InChI is InChI=1S/C14H12N2O4S2/c1-8(17)20-10-5-3-2-4-9(10)12(18)15-14-16-13-11(21-14)6-7-22(13)19/h2-5H,6-7H2,1H3,(H,15,16,18). The van der Waals surface area contributed by atoms with Gasteiger partial charge in [0, 0.05) is 24.5 Å². The number of hydrogen-bond acceptors (Lipinski definition) is 6. The smallest absolute Gasteiger partial charge is 0.308 e. The first kappa shape index (κ1) is 15.0. The monoisotopic (exact) mass is 336 g/mol. The van der Waals surface area contributed by atoms with E-state index in [2.05, 4.69) is 10.3 Å². The maximum atomic E-state index is 12.3. The van der Waals surface area contributed by atoms with Gasteiger partial charge in [-0.15, -0.1) is 0 Å². The molecule has 1 N–H and O–H groups in total. The average Bonchev–Trinajstić information content (AvgIpc) is 3.01. The van der Waals surface area contributed by atoms with E-state index in [1.165, 1.54) is 18.3 Å². The Morgan fingerprint density at radius 2 is 2.18 bits per heavy atom. The normalized spacial score (nSPS) is 16.2. The van der Waals surface area contributed by atoms with Crippen LogP contribution in [0.5, 0.6) is 5.75 Å². The molecule has 1 amide bonds. The number of benzene rings is 1. The summed E-state index contributed by atoms with van der Waals surface area (Å²) < 4.78 is 16.7. The van der Waals surface area contributed by atoms with Crippen molar-refractivity contribution in [2.75, 3.05) is 11.1 Å². The first-order chi connectivity index (χ1) is 10.5. The Kier molecular flexibility index (Phi) is 4.14. The van der Waals surface area contributed by atoms with E-state index in [0.29, 0.717) is 15.9 Å². The van der Waals surface area contributed by atoms with Crippen molar-refractivity contribution in [2.45, 2.75) is 18.4 Å². The summed E-state index contributed by atoms with van der Waals surface area (Å²) in [4.78, 5) is 28.5. The lowest BCUT2D eigenvalue weighted by Gasteiger charge is -2.08. The molecular formula is C14H12N2O4S2. The number of para-hydroxylation sites is 1. The van der Waals surface area contributed by atoms with E-state index in [-0.39, 0.29) is 11.3 Å². The molecule has 1 aromatic heterocycles. The molecule has 1 aromatic carbocycles. The number of esters is 1. The number of aromatic nitrogens is 1. The highest BCUT2D eigenvalue weighted by Crippen LogP contribution is 2.33. The zero-order valence-corrected chi connectivity index (χ0v) is 13.3. The van der Waals surface area contributed by atoms with Crippen LogP contribution in [0.4, 0.5) is 5.13 Å². The predicted octanol–water partition coefficient (Wildman–Crippen LogP) is 1.98. The largest absolute Gasteiger partial charge is 0.610 e. The molecule has 0 spiro atoms. The fraction of sp³-hybridized carbons (Fsp3) is 0.214. The molecule has 1 aliphatic heterocycles. The molecular weight excluding hydrogens is 324 g/mol. The Morgan fingerprint density at radius 3 is 2.91 bits per heavy atom. The van der Waals surface area contributed by atoms with E-state index in [9.17, 15) is 14.1 Å². The van der Waals surface area contributed by atoms with Gasteiger partial charge in [-0.25, -0.2) is 0 Å². The summed E-state index contributed by atoms with van der Waals surface area (Å²) in [6.45, 7) is 1.27. The summed E-state index contributed by atoms with van der Waals surface area (Å²) in [5.41, 5.74) is 0.245. The second-order valence-corrected chi connectivity index (χ2v) is 7.16. The van der Waals surface area contributed by atoms with Crippen molar-refractivity contribution in [3.63, 3.8) is 0 Å². The number of aryl methyl sites for hydroxylation is 1. The number of carbonyl (C=O) groups excluding carboxylic acids is 2. The quantitative estimate of drug-likeness (QED) is 0.526. The summed E-state index contributed by atoms with van der Waals surface area (Å²) >= 11 is 0.255. The van der Waals surface area contributed by atoms with Crippen LogP contribution < -0.4 is 10.1 Å². The fourth-order valence-corrected chi connectivity index (χ4v) is 4.65. The lowest BCUT2D eigenvalue weighted by atomic mass is 10.2. The maximum Gasteiger partial charge on any atom is 0.308 e. The molecule has 0 radical (unpaired) electrons. The van der Waals surface area contributed by atoms with Gasteiger partial charge in [0.1, 0.15) is 11.5 Å². The van der Waals surface area contributed by atoms with Crippen molar-refractivity contribution < 1.29 is 18.9 Å². The molecule has 8 heteroatoms. The SMILES string of the molecule is CC(=O)Oc1ccccc1C(=O)Nc1nc2c(s1)CC[S+]2[O-]. The number of carbonyl (C=O) groups is 2. The van der Waals surface area contributed by atoms with Crippen LogP contribution in [0.25, 0.3) is 0 Å². The van der Waals surface area contributed by atoms with Crippen LogP contribution in [-0.2, 0) is 22.4 Å². The third-order valence-electron chi connectivity index (χ3n) is 3.00. The highest BCUT2D eigenvalue weighted by molar-refractivity contribution is 7.91. The molecule has 1 unspecified atom stereocenters. The third kappa shape index (κ3) is 2.99. The number of nitrogens with zero attached hydrogens (tertiary/aromatic N) is 1. The Labute approximate surface area is 133 Å². The molecule has 2 aromatic rings. The van der Waals surface area contributed by atoms with Gasteiger partial charge in [-0.1, -0.05) is 23.5 Å². The second kappa shape index (κ2) is 6.07. The number of ether oxygens (including phenoxy) is 1. The fourth-order valence-electron chi connectivity index (χ4n) is 2.07. The number of amides is 1. The molecule has 0 aliphatic carbocycles. The van der Waals surface area contributed by atoms with Crippen LogP contribution in [0.2, 0.25) is 0 Å². The lowest BCUT2D eigenvalue weighted by Crippen LogP contribution is -2.15. The molecule has 1 atom stereocenters. The van der Waals surface area contributed by atoms with Gasteiger partial charge in [-0.3, -0.25) is 14.9 Å². The van der Waals surface area contributed by atoms with Gasteiger partial charge in [0.05, 0.1) is 10.4 Å². The van der Waals surface area contributed by atoms with Crippen LogP contribution in [0.15, 0.2) is 29.3 Å². The summed E-state index contributed by atoms with van der Waals surface area (Å²) in [5.74, 6) is -0.128. The molecule has 0 saturated heterocycles. The van der Waals surface area contributed by atoms with Gasteiger partial charge in [0.15, 0.2) is 5.13 Å². The summed E-state index contributed by atoms with van der Waals surface area (Å²) in [6, 6.07) is 6.47. The highest BCUT2D eigenvalue weighted by Gasteiger charge is 2.30. The van der Waals surface area contributed by atoms with Gasteiger partial charge >= 0.3 is 5.97 Å². The van der Waals surface area contributed by atoms with E-state index in [1.807, 2.05) is 0 Å². The van der Waals surface area contributed by atoms with Crippen LogP contribution >= 0.6 is 11.3 Å². The molecule has 6 nitrogen and oxygen atoms in total. The summed E-state index contributed by atoms with van der Waals surface area (Å²) in [6.07, 6.45) is 0.722. The Balaban J connectivity index is 1.80. The number of fused-ring (bicyclic) bond motifs is 1. The number of rotatable bonds is 3. The number of anilines is 1. The Morgan fingerprint density at radius 1 is 1.41 bits per heavy atom. The predicted molar refractivity (Wildman–Crippen MR) is 82.8 cm³/mol. The second-order valence-electron chi connectivity index (χ2n) is 4.59. The molecule has 22 heavy (non-hydrogen) atoms. The molecule has 114 valence electrons. The Bertz CT molecular complexity index is 744. The van der Waals surface area contributed by atoms with Crippen molar-refractivity contribution in [1.82, 2.24) is 4.98 Å². The summed E-state index contributed by atoms with van der Waals surface area (Å²) in [5, 5.41) is 3.63. The van der Waals surface area contributed by atoms with Crippen molar-refractivity contribution in [2.24, 2.45) is 0 Å². The van der Waals surface area contributed by atoms with E-state index < -0.39 is 23.1 Å². The van der Waals surface area contributed by atoms with Gasteiger partial charge < -0.3 is 9.29 Å². The average molecular weight is 336 g/mol. The van der Waals surface area contributed by atoms with E-state index in [1.54, 1.807) is 24.3 Å². The van der Waals surface area contributed by atoms with E-state index in [0.717, 1.165) is 11.3 Å². The Hall–Kier alpha value is -1.90. The molecule has 1 aliphatic rings.